The van der Waals surface area contributed by atoms with Crippen LogP contribution in [-0.4, -0.2) is 65.8 Å². The number of carbonyl (C=O) groups is 2. The van der Waals surface area contributed by atoms with E-state index in [1.54, 1.807) is 4.90 Å². The molecule has 0 aromatic carbocycles. The molecule has 102 valence electrons. The second-order valence-corrected chi connectivity index (χ2v) is 4.98. The van der Waals surface area contributed by atoms with Crippen molar-refractivity contribution in [2.75, 3.05) is 32.8 Å². The lowest BCUT2D eigenvalue weighted by molar-refractivity contribution is -0.139. The van der Waals surface area contributed by atoms with Crippen molar-refractivity contribution < 1.29 is 19.4 Å². The summed E-state index contributed by atoms with van der Waals surface area (Å²) in [5, 5.41) is 8.67. The van der Waals surface area contributed by atoms with Gasteiger partial charge in [0.1, 0.15) is 0 Å². The van der Waals surface area contributed by atoms with Crippen molar-refractivity contribution in [2.45, 2.75) is 25.8 Å². The van der Waals surface area contributed by atoms with E-state index in [1.165, 1.54) is 0 Å². The molecule has 2 rings (SSSR count). The minimum absolute atomic E-state index is 0.0341. The van der Waals surface area contributed by atoms with E-state index in [9.17, 15) is 9.59 Å². The zero-order valence-electron chi connectivity index (χ0n) is 10.7. The largest absolute Gasteiger partial charge is 0.481 e. The van der Waals surface area contributed by atoms with Crippen molar-refractivity contribution in [1.82, 2.24) is 9.80 Å². The maximum atomic E-state index is 12.2. The van der Waals surface area contributed by atoms with Gasteiger partial charge in [0, 0.05) is 25.6 Å². The fourth-order valence-corrected chi connectivity index (χ4v) is 2.53. The number of carbonyl (C=O) groups excluding carboxylic acids is 1. The molecule has 1 N–H and O–H groups in total. The Morgan fingerprint density at radius 1 is 1.39 bits per heavy atom. The van der Waals surface area contributed by atoms with Crippen LogP contribution in [0.1, 0.15) is 19.8 Å². The lowest BCUT2D eigenvalue weighted by Crippen LogP contribution is -2.59. The standard InChI is InChI=1S/C12H20N2O4/c1-2-10-8-18-4-3-14(10)12(17)13-6-9(7-13)5-11(15)16/h9-10H,2-8H2,1H3,(H,15,16). The molecule has 0 aromatic rings. The molecule has 2 amide bonds. The van der Waals surface area contributed by atoms with Crippen LogP contribution in [0.5, 0.6) is 0 Å². The van der Waals surface area contributed by atoms with E-state index in [2.05, 4.69) is 0 Å². The van der Waals surface area contributed by atoms with Gasteiger partial charge in [0.05, 0.1) is 25.7 Å². The highest BCUT2D eigenvalue weighted by molar-refractivity contribution is 5.76. The van der Waals surface area contributed by atoms with Crippen LogP contribution < -0.4 is 0 Å². The van der Waals surface area contributed by atoms with Gasteiger partial charge in [0.2, 0.25) is 0 Å². The zero-order valence-corrected chi connectivity index (χ0v) is 10.7. The average Bonchev–Trinajstić information content (AvgIpc) is 2.32. The zero-order chi connectivity index (χ0) is 13.1. The van der Waals surface area contributed by atoms with Gasteiger partial charge in [-0.15, -0.1) is 0 Å². The van der Waals surface area contributed by atoms with Crippen molar-refractivity contribution in [3.05, 3.63) is 0 Å². The van der Waals surface area contributed by atoms with Crippen molar-refractivity contribution in [2.24, 2.45) is 5.92 Å². The number of amides is 2. The van der Waals surface area contributed by atoms with Crippen LogP contribution in [0.3, 0.4) is 0 Å². The average molecular weight is 256 g/mol. The molecule has 2 saturated heterocycles. The molecule has 0 bridgehead atoms. The summed E-state index contributed by atoms with van der Waals surface area (Å²) in [5.41, 5.74) is 0. The Labute approximate surface area is 106 Å². The quantitative estimate of drug-likeness (QED) is 0.803. The highest BCUT2D eigenvalue weighted by Crippen LogP contribution is 2.22. The summed E-state index contributed by atoms with van der Waals surface area (Å²) < 4.78 is 5.37. The highest BCUT2D eigenvalue weighted by atomic mass is 16.5. The normalized spacial score (nSPS) is 24.8. The first-order valence-electron chi connectivity index (χ1n) is 6.47. The van der Waals surface area contributed by atoms with Gasteiger partial charge in [0.25, 0.3) is 0 Å². The Bertz CT molecular complexity index is 328. The van der Waals surface area contributed by atoms with Crippen LogP contribution >= 0.6 is 0 Å². The van der Waals surface area contributed by atoms with Gasteiger partial charge in [0.15, 0.2) is 0 Å². The molecule has 6 nitrogen and oxygen atoms in total. The van der Waals surface area contributed by atoms with Crippen LogP contribution in [0.15, 0.2) is 0 Å². The number of nitrogens with zero attached hydrogens (tertiary/aromatic N) is 2. The van der Waals surface area contributed by atoms with Gasteiger partial charge in [-0.1, -0.05) is 6.92 Å². The fraction of sp³-hybridized carbons (Fsp3) is 0.833. The monoisotopic (exact) mass is 256 g/mol. The molecule has 2 fully saturated rings. The molecular formula is C12H20N2O4. The lowest BCUT2D eigenvalue weighted by atomic mass is 9.97. The van der Waals surface area contributed by atoms with Crippen LogP contribution in [0.25, 0.3) is 0 Å². The van der Waals surface area contributed by atoms with Crippen LogP contribution in [0.2, 0.25) is 0 Å². The number of likely N-dealkylation sites (tertiary alicyclic amines) is 1. The van der Waals surface area contributed by atoms with E-state index in [4.69, 9.17) is 9.84 Å². The van der Waals surface area contributed by atoms with Gasteiger partial charge < -0.3 is 19.6 Å². The Balaban J connectivity index is 1.83. The smallest absolute Gasteiger partial charge is 0.320 e. The first kappa shape index (κ1) is 13.1. The summed E-state index contributed by atoms with van der Waals surface area (Å²) in [6.45, 7) is 5.02. The molecule has 0 spiro atoms. The molecule has 1 unspecified atom stereocenters. The van der Waals surface area contributed by atoms with Crippen molar-refractivity contribution in [3.63, 3.8) is 0 Å². The van der Waals surface area contributed by atoms with Crippen molar-refractivity contribution >= 4 is 12.0 Å². The first-order chi connectivity index (χ1) is 8.61. The van der Waals surface area contributed by atoms with E-state index >= 15 is 0 Å². The predicted molar refractivity (Wildman–Crippen MR) is 64.3 cm³/mol. The van der Waals surface area contributed by atoms with E-state index in [0.29, 0.717) is 32.8 Å². The molecule has 0 aliphatic carbocycles. The highest BCUT2D eigenvalue weighted by Gasteiger charge is 2.37. The van der Waals surface area contributed by atoms with Crippen molar-refractivity contribution in [3.8, 4) is 0 Å². The summed E-state index contributed by atoms with van der Waals surface area (Å²) in [4.78, 5) is 26.4. The third kappa shape index (κ3) is 2.75. The minimum atomic E-state index is -0.787. The Morgan fingerprint density at radius 2 is 2.11 bits per heavy atom. The molecule has 0 aromatic heterocycles. The third-order valence-corrected chi connectivity index (χ3v) is 3.64. The summed E-state index contributed by atoms with van der Waals surface area (Å²) in [6.07, 6.45) is 1.04. The van der Waals surface area contributed by atoms with Crippen LogP contribution in [-0.2, 0) is 9.53 Å². The fourth-order valence-electron chi connectivity index (χ4n) is 2.53. The molecule has 18 heavy (non-hydrogen) atoms. The maximum absolute atomic E-state index is 12.2. The topological polar surface area (TPSA) is 70.1 Å². The number of hydrogen-bond donors (Lipinski definition) is 1. The van der Waals surface area contributed by atoms with Crippen LogP contribution in [0, 0.1) is 5.92 Å². The number of morpholine rings is 1. The van der Waals surface area contributed by atoms with E-state index in [1.807, 2.05) is 11.8 Å². The summed E-state index contributed by atoms with van der Waals surface area (Å²) in [5.74, 6) is -0.669. The number of carboxylic acids is 1. The Morgan fingerprint density at radius 3 is 2.72 bits per heavy atom. The summed E-state index contributed by atoms with van der Waals surface area (Å²) in [6, 6.07) is 0.191. The molecular weight excluding hydrogens is 236 g/mol. The van der Waals surface area contributed by atoms with E-state index in [0.717, 1.165) is 6.42 Å². The summed E-state index contributed by atoms with van der Waals surface area (Å²) in [7, 11) is 0. The van der Waals surface area contributed by atoms with E-state index < -0.39 is 5.97 Å². The molecule has 6 heteroatoms. The first-order valence-corrected chi connectivity index (χ1v) is 6.47. The second-order valence-electron chi connectivity index (χ2n) is 4.98. The molecule has 0 saturated carbocycles. The number of urea groups is 1. The summed E-state index contributed by atoms with van der Waals surface area (Å²) >= 11 is 0. The lowest BCUT2D eigenvalue weighted by Gasteiger charge is -2.44. The van der Waals surface area contributed by atoms with Crippen molar-refractivity contribution in [1.29, 1.82) is 0 Å². The molecule has 0 radical (unpaired) electrons. The molecule has 2 heterocycles. The van der Waals surface area contributed by atoms with Gasteiger partial charge in [-0.3, -0.25) is 4.79 Å². The molecule has 2 aliphatic rings. The number of carboxylic acid groups (broad SMARTS) is 1. The minimum Gasteiger partial charge on any atom is -0.481 e. The Hall–Kier alpha value is -1.30. The maximum Gasteiger partial charge on any atom is 0.320 e. The van der Waals surface area contributed by atoms with Gasteiger partial charge in [-0.2, -0.15) is 0 Å². The number of hydrogen-bond acceptors (Lipinski definition) is 3. The van der Waals surface area contributed by atoms with Gasteiger partial charge >= 0.3 is 12.0 Å². The van der Waals surface area contributed by atoms with E-state index in [-0.39, 0.29) is 24.4 Å². The van der Waals surface area contributed by atoms with Gasteiger partial charge in [-0.05, 0) is 6.42 Å². The predicted octanol–water partition coefficient (Wildman–Crippen LogP) is 0.624. The van der Waals surface area contributed by atoms with Crippen LogP contribution in [0.4, 0.5) is 4.79 Å². The third-order valence-electron chi connectivity index (χ3n) is 3.64. The number of rotatable bonds is 3. The Kier molecular flexibility index (Phi) is 4.06. The molecule has 2 aliphatic heterocycles. The molecule has 1 atom stereocenters. The second kappa shape index (κ2) is 5.56. The van der Waals surface area contributed by atoms with Gasteiger partial charge in [-0.25, -0.2) is 4.79 Å². The SMILES string of the molecule is CCC1COCCN1C(=O)N1CC(CC(=O)O)C1. The number of aliphatic carboxylic acids is 1. The number of ether oxygens (including phenoxy) is 1.